The van der Waals surface area contributed by atoms with Gasteiger partial charge in [0.2, 0.25) is 0 Å². The molecule has 4 aliphatic carbocycles. The first-order valence-corrected chi connectivity index (χ1v) is 14.0. The lowest BCUT2D eigenvalue weighted by Crippen LogP contribution is -2.51. The molecular weight excluding hydrogens is 428 g/mol. The lowest BCUT2D eigenvalue weighted by atomic mass is 9.45. The van der Waals surface area contributed by atoms with Gasteiger partial charge >= 0.3 is 0 Å². The zero-order valence-electron chi connectivity index (χ0n) is 20.6. The first kappa shape index (κ1) is 23.1. The minimum absolute atomic E-state index is 0.134. The van der Waals surface area contributed by atoms with E-state index in [1.54, 1.807) is 7.11 Å². The van der Waals surface area contributed by atoms with Crippen LogP contribution < -0.4 is 0 Å². The van der Waals surface area contributed by atoms with Crippen molar-refractivity contribution in [2.75, 3.05) is 12.9 Å². The average molecular weight is 467 g/mol. The molecule has 0 heterocycles. The van der Waals surface area contributed by atoms with Gasteiger partial charge in [0.15, 0.2) is 5.78 Å². The van der Waals surface area contributed by atoms with E-state index in [4.69, 9.17) is 4.74 Å². The van der Waals surface area contributed by atoms with E-state index >= 15 is 0 Å². The topological polar surface area (TPSA) is 43.4 Å². The van der Waals surface area contributed by atoms with Crippen molar-refractivity contribution < 1.29 is 13.7 Å². The Labute approximate surface area is 201 Å². The van der Waals surface area contributed by atoms with E-state index in [-0.39, 0.29) is 10.8 Å². The molecule has 1 aromatic carbocycles. The minimum atomic E-state index is -1.09. The van der Waals surface area contributed by atoms with E-state index in [2.05, 4.69) is 20.8 Å². The Balaban J connectivity index is 1.45. The van der Waals surface area contributed by atoms with Gasteiger partial charge in [0.1, 0.15) is 5.76 Å². The predicted octanol–water partition coefficient (Wildman–Crippen LogP) is 6.47. The van der Waals surface area contributed by atoms with E-state index in [0.29, 0.717) is 41.6 Å². The molecule has 0 aliphatic heterocycles. The molecule has 0 saturated heterocycles. The molecule has 0 amide bonds. The number of hydrogen-bond acceptors (Lipinski definition) is 3. The minimum Gasteiger partial charge on any atom is -0.500 e. The first-order chi connectivity index (χ1) is 15.8. The van der Waals surface area contributed by atoms with Gasteiger partial charge in [-0.15, -0.1) is 0 Å². The normalized spacial score (nSPS) is 40.2. The fraction of sp³-hybridized carbons (Fsp3) is 0.621. The highest BCUT2D eigenvalue weighted by molar-refractivity contribution is 7.85. The summed E-state index contributed by atoms with van der Waals surface area (Å²) in [5.41, 5.74) is 3.18. The van der Waals surface area contributed by atoms with Crippen molar-refractivity contribution in [2.24, 2.45) is 34.5 Å². The highest BCUT2D eigenvalue weighted by atomic mass is 32.2. The van der Waals surface area contributed by atoms with Gasteiger partial charge in [-0.05, 0) is 96.8 Å². The molecule has 0 aromatic heterocycles. The maximum absolute atomic E-state index is 13.1. The summed E-state index contributed by atoms with van der Waals surface area (Å²) >= 11 is 0. The highest BCUT2D eigenvalue weighted by Gasteiger charge is 2.59. The molecule has 1 unspecified atom stereocenters. The lowest BCUT2D eigenvalue weighted by molar-refractivity contribution is -0.117. The number of rotatable bonds is 4. The average Bonchev–Trinajstić information content (AvgIpc) is 3.16. The number of ether oxygens (including phenoxy) is 1. The van der Waals surface area contributed by atoms with Crippen LogP contribution in [0, 0.1) is 34.5 Å². The van der Waals surface area contributed by atoms with Gasteiger partial charge in [-0.3, -0.25) is 9.00 Å². The van der Waals surface area contributed by atoms with Crippen LogP contribution in [0.25, 0.3) is 0 Å². The van der Waals surface area contributed by atoms with Gasteiger partial charge in [0.25, 0.3) is 0 Å². The van der Waals surface area contributed by atoms with E-state index < -0.39 is 10.8 Å². The molecule has 33 heavy (non-hydrogen) atoms. The monoisotopic (exact) mass is 466 g/mol. The molecule has 7 atom stereocenters. The fourth-order valence-electron chi connectivity index (χ4n) is 8.30. The summed E-state index contributed by atoms with van der Waals surface area (Å²) < 4.78 is 19.1. The number of hydrogen-bond donors (Lipinski definition) is 0. The van der Waals surface area contributed by atoms with Crippen LogP contribution in [0.4, 0.5) is 0 Å². The van der Waals surface area contributed by atoms with Crippen LogP contribution >= 0.6 is 0 Å². The number of carbonyl (C=O) groups excluding carboxylic acids is 1. The van der Waals surface area contributed by atoms with Gasteiger partial charge < -0.3 is 4.74 Å². The number of benzene rings is 1. The summed E-state index contributed by atoms with van der Waals surface area (Å²) in [6.07, 6.45) is 9.60. The van der Waals surface area contributed by atoms with E-state index in [1.165, 1.54) is 36.8 Å². The Morgan fingerprint density at radius 2 is 1.79 bits per heavy atom. The first-order valence-electron chi connectivity index (χ1n) is 12.7. The van der Waals surface area contributed by atoms with E-state index in [9.17, 15) is 9.00 Å². The molecule has 1 aromatic rings. The summed E-state index contributed by atoms with van der Waals surface area (Å²) in [7, 11) is 0.665. The van der Waals surface area contributed by atoms with Crippen LogP contribution in [0.15, 0.2) is 58.2 Å². The number of fused-ring (bicyclic) bond motifs is 5. The predicted molar refractivity (Wildman–Crippen MR) is 133 cm³/mol. The highest BCUT2D eigenvalue weighted by Crippen LogP contribution is 2.67. The zero-order chi connectivity index (χ0) is 23.4. The zero-order valence-corrected chi connectivity index (χ0v) is 21.4. The largest absolute Gasteiger partial charge is 0.500 e. The molecule has 0 bridgehead atoms. The van der Waals surface area contributed by atoms with Crippen LogP contribution in [0.1, 0.15) is 65.7 Å². The van der Waals surface area contributed by atoms with Crippen molar-refractivity contribution in [2.45, 2.75) is 70.6 Å². The maximum Gasteiger partial charge on any atom is 0.155 e. The smallest absolute Gasteiger partial charge is 0.155 e. The number of allylic oxidation sites excluding steroid dienone is 2. The van der Waals surface area contributed by atoms with Crippen LogP contribution in [0.2, 0.25) is 0 Å². The van der Waals surface area contributed by atoms with Gasteiger partial charge in [-0.25, -0.2) is 0 Å². The molecule has 4 heteroatoms. The van der Waals surface area contributed by atoms with Gasteiger partial charge in [0.05, 0.1) is 23.7 Å². The molecule has 4 aliphatic rings. The lowest BCUT2D eigenvalue weighted by Gasteiger charge is -2.59. The van der Waals surface area contributed by atoms with Gasteiger partial charge in [-0.1, -0.05) is 44.5 Å². The van der Waals surface area contributed by atoms with Gasteiger partial charge in [-0.2, -0.15) is 0 Å². The fourth-order valence-corrected chi connectivity index (χ4v) is 9.46. The van der Waals surface area contributed by atoms with Crippen LogP contribution in [-0.4, -0.2) is 22.9 Å². The van der Waals surface area contributed by atoms with Crippen molar-refractivity contribution >= 4 is 16.6 Å². The molecule has 0 spiro atoms. The maximum atomic E-state index is 13.1. The van der Waals surface area contributed by atoms with Crippen molar-refractivity contribution in [3.63, 3.8) is 0 Å². The van der Waals surface area contributed by atoms with Crippen LogP contribution in [0.3, 0.4) is 0 Å². The summed E-state index contributed by atoms with van der Waals surface area (Å²) in [5, 5.41) is 0. The summed E-state index contributed by atoms with van der Waals surface area (Å²) in [5.74, 6) is 4.27. The molecule has 178 valence electrons. The molecule has 3 saturated carbocycles. The van der Waals surface area contributed by atoms with Crippen LogP contribution in [0.5, 0.6) is 0 Å². The van der Waals surface area contributed by atoms with Crippen LogP contribution in [-0.2, 0) is 20.3 Å². The summed E-state index contributed by atoms with van der Waals surface area (Å²) in [6.45, 7) is 7.26. The number of ketones is 1. The molecule has 3 nitrogen and oxygen atoms in total. The number of carbonyl (C=O) groups is 1. The second-order valence-electron chi connectivity index (χ2n) is 11.4. The van der Waals surface area contributed by atoms with E-state index in [0.717, 1.165) is 23.5 Å². The summed E-state index contributed by atoms with van der Waals surface area (Å²) in [4.78, 5) is 13.1. The molecule has 0 N–H and O–H groups in total. The Hall–Kier alpha value is -1.68. The Kier molecular flexibility index (Phi) is 5.96. The second-order valence-corrected chi connectivity index (χ2v) is 12.9. The Morgan fingerprint density at radius 1 is 1.06 bits per heavy atom. The van der Waals surface area contributed by atoms with Crippen molar-refractivity contribution in [1.29, 1.82) is 0 Å². The molecular formula is C29H38O3S. The molecule has 3 fully saturated rings. The standard InChI is InChI=1S/C29H38O3S/c1-19-16-22-23-10-11-25(27(32-4)18-33(31)21-8-6-5-7-9-21)28(23,2)15-13-24(22)29(3)14-12-20(30)17-26(19)29/h5-9,17,19,22-24H,10-16,18H2,1-4H3/b27-25-/t19-,22-,23-,24-,28-,29+,33?/m0/s1. The number of methoxy groups -OCH3 is 1. The SMILES string of the molecule is CO/C(CS(=O)c1ccccc1)=C1/CC[C@H]2[C@@H]3C[C@H](C)C4=CC(=O)CC[C@]4(C)[C@H]3CC[C@]12C. The van der Waals surface area contributed by atoms with Crippen molar-refractivity contribution in [3.05, 3.63) is 53.3 Å². The van der Waals surface area contributed by atoms with E-state index in [1.807, 2.05) is 36.4 Å². The summed E-state index contributed by atoms with van der Waals surface area (Å²) in [6, 6.07) is 9.76. The Bertz CT molecular complexity index is 1020. The third-order valence-electron chi connectivity index (χ3n) is 9.91. The molecule has 0 radical (unpaired) electrons. The Morgan fingerprint density at radius 3 is 2.52 bits per heavy atom. The third kappa shape index (κ3) is 3.68. The molecule has 5 rings (SSSR count). The van der Waals surface area contributed by atoms with Crippen molar-refractivity contribution in [1.82, 2.24) is 0 Å². The van der Waals surface area contributed by atoms with Crippen molar-refractivity contribution in [3.8, 4) is 0 Å². The second kappa shape index (κ2) is 8.52. The third-order valence-corrected chi connectivity index (χ3v) is 11.2. The quantitative estimate of drug-likeness (QED) is 0.478. The van der Waals surface area contributed by atoms with Gasteiger partial charge in [0, 0.05) is 11.3 Å².